The van der Waals surface area contributed by atoms with Gasteiger partial charge in [-0.05, 0) is 42.7 Å². The van der Waals surface area contributed by atoms with E-state index in [2.05, 4.69) is 27.6 Å². The fourth-order valence-electron chi connectivity index (χ4n) is 1.63. The van der Waals surface area contributed by atoms with Crippen LogP contribution in [0.2, 0.25) is 0 Å². The lowest BCUT2D eigenvalue weighted by Crippen LogP contribution is -1.91. The Hall–Kier alpha value is -2.36. The average Bonchev–Trinajstić information content (AvgIpc) is 2.49. The van der Waals surface area contributed by atoms with E-state index in [-0.39, 0.29) is 0 Å². The number of hydrogen-bond donors (Lipinski definition) is 1. The van der Waals surface area contributed by atoms with E-state index in [9.17, 15) is 0 Å². The monoisotopic (exact) mass is 255 g/mol. The van der Waals surface area contributed by atoms with Crippen LogP contribution in [0.4, 0.5) is 5.69 Å². The predicted octanol–water partition coefficient (Wildman–Crippen LogP) is 3.12. The molecule has 2 aromatic rings. The number of aryl methyl sites for hydroxylation is 1. The van der Waals surface area contributed by atoms with Crippen molar-refractivity contribution in [3.63, 3.8) is 0 Å². The summed E-state index contributed by atoms with van der Waals surface area (Å²) in [4.78, 5) is 3.94. The summed E-state index contributed by atoms with van der Waals surface area (Å²) in [5, 5.41) is 4.16. The molecule has 0 fully saturated rings. The number of methoxy groups -OCH3 is 1. The molecule has 1 aromatic carbocycles. The van der Waals surface area contributed by atoms with Crippen LogP contribution in [0.5, 0.6) is 5.75 Å². The predicted molar refractivity (Wildman–Crippen MR) is 77.7 cm³/mol. The summed E-state index contributed by atoms with van der Waals surface area (Å²) in [6, 6.07) is 11.8. The van der Waals surface area contributed by atoms with Crippen LogP contribution in [0.15, 0.2) is 53.9 Å². The van der Waals surface area contributed by atoms with Crippen molar-refractivity contribution in [3.8, 4) is 5.75 Å². The molecule has 0 amide bonds. The van der Waals surface area contributed by atoms with E-state index in [0.717, 1.165) is 24.3 Å². The van der Waals surface area contributed by atoms with Crippen molar-refractivity contribution in [3.05, 3.63) is 54.4 Å². The highest BCUT2D eigenvalue weighted by molar-refractivity contribution is 5.59. The van der Waals surface area contributed by atoms with E-state index >= 15 is 0 Å². The topological polar surface area (TPSA) is 46.5 Å². The zero-order valence-electron chi connectivity index (χ0n) is 10.9. The molecule has 0 aliphatic carbocycles. The SMILES string of the molecule is COc1ccc(CCC=NNc2ccncc2)cc1. The average molecular weight is 255 g/mol. The minimum Gasteiger partial charge on any atom is -0.497 e. The third-order valence-corrected chi connectivity index (χ3v) is 2.69. The number of benzene rings is 1. The van der Waals surface area contributed by atoms with Crippen molar-refractivity contribution in [1.29, 1.82) is 0 Å². The van der Waals surface area contributed by atoms with Crippen molar-refractivity contribution >= 4 is 11.9 Å². The van der Waals surface area contributed by atoms with Gasteiger partial charge in [-0.25, -0.2) is 0 Å². The Morgan fingerprint density at radius 1 is 1.16 bits per heavy atom. The maximum absolute atomic E-state index is 5.12. The highest BCUT2D eigenvalue weighted by Crippen LogP contribution is 2.12. The highest BCUT2D eigenvalue weighted by atomic mass is 16.5. The van der Waals surface area contributed by atoms with Gasteiger partial charge in [0.1, 0.15) is 5.75 Å². The molecule has 4 heteroatoms. The van der Waals surface area contributed by atoms with Gasteiger partial charge in [-0.15, -0.1) is 0 Å². The second-order valence-corrected chi connectivity index (χ2v) is 4.05. The van der Waals surface area contributed by atoms with Gasteiger partial charge in [0.2, 0.25) is 0 Å². The number of pyridine rings is 1. The second kappa shape index (κ2) is 7.16. The first-order valence-electron chi connectivity index (χ1n) is 6.19. The van der Waals surface area contributed by atoms with Gasteiger partial charge in [0.05, 0.1) is 12.8 Å². The molecule has 4 nitrogen and oxygen atoms in total. The number of nitrogens with one attached hydrogen (secondary N) is 1. The molecule has 1 N–H and O–H groups in total. The molecule has 0 spiro atoms. The number of hydrazone groups is 1. The molecule has 2 rings (SSSR count). The van der Waals surface area contributed by atoms with Crippen LogP contribution in [-0.4, -0.2) is 18.3 Å². The van der Waals surface area contributed by atoms with Crippen LogP contribution in [0.1, 0.15) is 12.0 Å². The summed E-state index contributed by atoms with van der Waals surface area (Å²) in [6.07, 6.45) is 7.20. The molecule has 0 saturated heterocycles. The molecule has 19 heavy (non-hydrogen) atoms. The third-order valence-electron chi connectivity index (χ3n) is 2.69. The lowest BCUT2D eigenvalue weighted by atomic mass is 10.1. The summed E-state index contributed by atoms with van der Waals surface area (Å²) < 4.78 is 5.12. The van der Waals surface area contributed by atoms with E-state index in [1.807, 2.05) is 30.5 Å². The number of rotatable bonds is 6. The smallest absolute Gasteiger partial charge is 0.118 e. The minimum atomic E-state index is 0.886. The molecule has 0 bridgehead atoms. The number of ether oxygens (including phenoxy) is 1. The standard InChI is InChI=1S/C15H17N3O/c1-19-15-6-4-13(5-7-15)3-2-10-17-18-14-8-11-16-12-9-14/h4-12H,2-3H2,1H3,(H,16,18). The van der Waals surface area contributed by atoms with Crippen molar-refractivity contribution in [2.45, 2.75) is 12.8 Å². The molecule has 0 saturated carbocycles. The summed E-state index contributed by atoms with van der Waals surface area (Å²) in [7, 11) is 1.67. The van der Waals surface area contributed by atoms with E-state index in [1.54, 1.807) is 19.5 Å². The van der Waals surface area contributed by atoms with Crippen LogP contribution >= 0.6 is 0 Å². The quantitative estimate of drug-likeness (QED) is 0.637. The Labute approximate surface area is 113 Å². The van der Waals surface area contributed by atoms with Gasteiger partial charge in [0.15, 0.2) is 0 Å². The number of aromatic nitrogens is 1. The molecule has 1 heterocycles. The van der Waals surface area contributed by atoms with Gasteiger partial charge in [-0.1, -0.05) is 12.1 Å². The van der Waals surface area contributed by atoms with E-state index in [1.165, 1.54) is 5.56 Å². The largest absolute Gasteiger partial charge is 0.497 e. The van der Waals surface area contributed by atoms with E-state index < -0.39 is 0 Å². The van der Waals surface area contributed by atoms with Gasteiger partial charge < -0.3 is 4.74 Å². The first-order chi connectivity index (χ1) is 9.38. The first-order valence-corrected chi connectivity index (χ1v) is 6.19. The number of hydrogen-bond acceptors (Lipinski definition) is 4. The molecular formula is C15H17N3O. The Morgan fingerprint density at radius 2 is 1.89 bits per heavy atom. The maximum Gasteiger partial charge on any atom is 0.118 e. The molecule has 98 valence electrons. The van der Waals surface area contributed by atoms with Crippen molar-refractivity contribution in [2.24, 2.45) is 5.10 Å². The molecule has 0 aliphatic rings. The van der Waals surface area contributed by atoms with Crippen molar-refractivity contribution in [1.82, 2.24) is 4.98 Å². The summed E-state index contributed by atoms with van der Waals surface area (Å²) in [5.74, 6) is 0.886. The Kier molecular flexibility index (Phi) is 4.93. The third kappa shape index (κ3) is 4.43. The van der Waals surface area contributed by atoms with Crippen LogP contribution in [-0.2, 0) is 6.42 Å². The minimum absolute atomic E-state index is 0.886. The van der Waals surface area contributed by atoms with Crippen LogP contribution in [0, 0.1) is 0 Å². The zero-order valence-corrected chi connectivity index (χ0v) is 10.9. The van der Waals surface area contributed by atoms with E-state index in [4.69, 9.17) is 4.74 Å². The summed E-state index contributed by atoms with van der Waals surface area (Å²) in [5.41, 5.74) is 5.17. The van der Waals surface area contributed by atoms with Crippen LogP contribution in [0.25, 0.3) is 0 Å². The van der Waals surface area contributed by atoms with Crippen LogP contribution in [0.3, 0.4) is 0 Å². The Morgan fingerprint density at radius 3 is 2.58 bits per heavy atom. The first kappa shape index (κ1) is 13.1. The Bertz CT molecular complexity index is 509. The fraction of sp³-hybridized carbons (Fsp3) is 0.200. The van der Waals surface area contributed by atoms with Gasteiger partial charge in [0.25, 0.3) is 0 Å². The molecule has 1 aromatic heterocycles. The molecule has 0 aliphatic heterocycles. The van der Waals surface area contributed by atoms with Crippen LogP contribution < -0.4 is 10.2 Å². The lowest BCUT2D eigenvalue weighted by molar-refractivity contribution is 0.414. The van der Waals surface area contributed by atoms with Crippen molar-refractivity contribution < 1.29 is 4.74 Å². The Balaban J connectivity index is 1.73. The lowest BCUT2D eigenvalue weighted by Gasteiger charge is -2.01. The normalized spacial score (nSPS) is 10.6. The van der Waals surface area contributed by atoms with E-state index in [0.29, 0.717) is 0 Å². The molecule has 0 unspecified atom stereocenters. The van der Waals surface area contributed by atoms with Crippen molar-refractivity contribution in [2.75, 3.05) is 12.5 Å². The molecule has 0 atom stereocenters. The summed E-state index contributed by atoms with van der Waals surface area (Å²) >= 11 is 0. The summed E-state index contributed by atoms with van der Waals surface area (Å²) in [6.45, 7) is 0. The maximum atomic E-state index is 5.12. The van der Waals surface area contributed by atoms with Gasteiger partial charge in [0, 0.05) is 18.6 Å². The fourth-order valence-corrected chi connectivity index (χ4v) is 1.63. The second-order valence-electron chi connectivity index (χ2n) is 4.05. The van der Waals surface area contributed by atoms with Gasteiger partial charge in [-0.3, -0.25) is 10.4 Å². The molecular weight excluding hydrogens is 238 g/mol. The number of nitrogens with zero attached hydrogens (tertiary/aromatic N) is 2. The van der Waals surface area contributed by atoms with Gasteiger partial charge >= 0.3 is 0 Å². The molecule has 0 radical (unpaired) electrons. The number of anilines is 1. The van der Waals surface area contributed by atoms with Gasteiger partial charge in [-0.2, -0.15) is 5.10 Å². The highest BCUT2D eigenvalue weighted by Gasteiger charge is 1.93. The zero-order chi connectivity index (χ0) is 13.3.